The van der Waals surface area contributed by atoms with Gasteiger partial charge >= 0.3 is 0 Å². The zero-order chi connectivity index (χ0) is 23.2. The molecular formula is C24H48N2O5. The number of hydrogen-bond donors (Lipinski definition) is 2. The second-order valence-electron chi connectivity index (χ2n) is 8.56. The molecule has 0 heterocycles. The Morgan fingerprint density at radius 1 is 0.645 bits per heavy atom. The van der Waals surface area contributed by atoms with Crippen LogP contribution >= 0.6 is 0 Å². The molecule has 7 heteroatoms. The summed E-state index contributed by atoms with van der Waals surface area (Å²) in [6.07, 6.45) is 10.0. The van der Waals surface area contributed by atoms with Crippen LogP contribution in [-0.4, -0.2) is 64.0 Å². The van der Waals surface area contributed by atoms with Crippen LogP contribution in [-0.2, 0) is 23.8 Å². The molecule has 0 aromatic rings. The van der Waals surface area contributed by atoms with Gasteiger partial charge in [-0.1, -0.05) is 39.5 Å². The zero-order valence-corrected chi connectivity index (χ0v) is 20.5. The highest BCUT2D eigenvalue weighted by Crippen LogP contribution is 2.05. The Balaban J connectivity index is 3.14. The van der Waals surface area contributed by atoms with Crippen LogP contribution in [0, 0.1) is 5.92 Å². The van der Waals surface area contributed by atoms with Crippen molar-refractivity contribution in [3.8, 4) is 0 Å². The van der Waals surface area contributed by atoms with Crippen LogP contribution in [0.25, 0.3) is 0 Å². The van der Waals surface area contributed by atoms with Crippen LogP contribution < -0.4 is 10.6 Å². The van der Waals surface area contributed by atoms with E-state index >= 15 is 0 Å². The van der Waals surface area contributed by atoms with E-state index in [2.05, 4.69) is 10.6 Å². The molecular weight excluding hydrogens is 396 g/mol. The molecule has 0 rings (SSSR count). The van der Waals surface area contributed by atoms with Gasteiger partial charge in [-0.15, -0.1) is 0 Å². The summed E-state index contributed by atoms with van der Waals surface area (Å²) in [5.41, 5.74) is 0. The first-order valence-electron chi connectivity index (χ1n) is 12.2. The van der Waals surface area contributed by atoms with Crippen molar-refractivity contribution in [2.75, 3.05) is 46.1 Å². The number of carbonyl (C=O) groups excluding carboxylic acids is 2. The molecule has 0 aliphatic heterocycles. The summed E-state index contributed by atoms with van der Waals surface area (Å²) in [6, 6.07) is 0. The lowest BCUT2D eigenvalue weighted by Gasteiger charge is -2.08. The van der Waals surface area contributed by atoms with Crippen molar-refractivity contribution >= 4 is 11.8 Å². The smallest absolute Gasteiger partial charge is 0.246 e. The Bertz CT molecular complexity index is 430. The van der Waals surface area contributed by atoms with E-state index in [0.29, 0.717) is 19.8 Å². The average molecular weight is 445 g/mol. The number of rotatable bonds is 22. The van der Waals surface area contributed by atoms with Gasteiger partial charge in [-0.3, -0.25) is 9.59 Å². The van der Waals surface area contributed by atoms with E-state index in [1.165, 1.54) is 25.7 Å². The zero-order valence-electron chi connectivity index (χ0n) is 20.5. The highest BCUT2D eigenvalue weighted by Gasteiger charge is 2.04. The summed E-state index contributed by atoms with van der Waals surface area (Å²) in [5.74, 6) is 0.176. The molecule has 0 aromatic heterocycles. The van der Waals surface area contributed by atoms with Crippen molar-refractivity contribution in [3.05, 3.63) is 0 Å². The number of nitrogens with one attached hydrogen (secondary N) is 2. The lowest BCUT2D eigenvalue weighted by atomic mass is 10.1. The Labute approximate surface area is 190 Å². The molecule has 184 valence electrons. The van der Waals surface area contributed by atoms with Crippen molar-refractivity contribution in [3.63, 3.8) is 0 Å². The molecule has 0 fully saturated rings. The summed E-state index contributed by atoms with van der Waals surface area (Å²) in [7, 11) is 0. The molecule has 0 saturated heterocycles. The highest BCUT2D eigenvalue weighted by molar-refractivity contribution is 5.77. The molecule has 0 bridgehead atoms. The molecule has 0 aliphatic carbocycles. The third-order valence-electron chi connectivity index (χ3n) is 4.75. The largest absolute Gasteiger partial charge is 0.379 e. The van der Waals surface area contributed by atoms with Gasteiger partial charge in [0.15, 0.2) is 0 Å². The first kappa shape index (κ1) is 29.8. The normalized spacial score (nSPS) is 11.3. The van der Waals surface area contributed by atoms with Gasteiger partial charge in [-0.25, -0.2) is 0 Å². The lowest BCUT2D eigenvalue weighted by Crippen LogP contribution is -2.29. The van der Waals surface area contributed by atoms with E-state index in [9.17, 15) is 9.59 Å². The molecule has 31 heavy (non-hydrogen) atoms. The van der Waals surface area contributed by atoms with Gasteiger partial charge < -0.3 is 24.8 Å². The standard InChI is InChI=1S/C24H48N2O5/c1-21(2)24(28)26-15-10-7-5-6-8-12-16-29-18-19-30-17-13-9-11-14-25-23(27)20-31-22(3)4/h21-22H,5-20H2,1-4H3,(H,25,27)(H,26,28). The molecule has 2 N–H and O–H groups in total. The van der Waals surface area contributed by atoms with Crippen molar-refractivity contribution in [2.45, 2.75) is 91.6 Å². The Hall–Kier alpha value is -1.18. The van der Waals surface area contributed by atoms with Crippen LogP contribution in [0.2, 0.25) is 0 Å². The minimum absolute atomic E-state index is 0.0470. The molecule has 0 atom stereocenters. The van der Waals surface area contributed by atoms with Gasteiger partial charge in [0.1, 0.15) is 6.61 Å². The fourth-order valence-electron chi connectivity index (χ4n) is 2.80. The van der Waals surface area contributed by atoms with Gasteiger partial charge in [0.2, 0.25) is 11.8 Å². The van der Waals surface area contributed by atoms with Crippen molar-refractivity contribution < 1.29 is 23.8 Å². The summed E-state index contributed by atoms with van der Waals surface area (Å²) in [6.45, 7) is 12.1. The van der Waals surface area contributed by atoms with Gasteiger partial charge in [0, 0.05) is 32.2 Å². The molecule has 7 nitrogen and oxygen atoms in total. The Kier molecular flexibility index (Phi) is 21.2. The van der Waals surface area contributed by atoms with E-state index in [0.717, 1.165) is 51.9 Å². The van der Waals surface area contributed by atoms with Crippen LogP contribution in [0.4, 0.5) is 0 Å². The van der Waals surface area contributed by atoms with Gasteiger partial charge in [0.25, 0.3) is 0 Å². The van der Waals surface area contributed by atoms with Gasteiger partial charge in [-0.05, 0) is 46.0 Å². The van der Waals surface area contributed by atoms with E-state index in [4.69, 9.17) is 14.2 Å². The number of hydrogen-bond acceptors (Lipinski definition) is 5. The van der Waals surface area contributed by atoms with Crippen LogP contribution in [0.3, 0.4) is 0 Å². The van der Waals surface area contributed by atoms with Crippen LogP contribution in [0.1, 0.15) is 85.5 Å². The fraction of sp³-hybridized carbons (Fsp3) is 0.917. The van der Waals surface area contributed by atoms with Gasteiger partial charge in [0.05, 0.1) is 19.3 Å². The first-order valence-corrected chi connectivity index (χ1v) is 12.2. The minimum atomic E-state index is -0.0470. The Morgan fingerprint density at radius 2 is 1.13 bits per heavy atom. The maximum Gasteiger partial charge on any atom is 0.246 e. The molecule has 2 amide bonds. The highest BCUT2D eigenvalue weighted by atomic mass is 16.5. The fourth-order valence-corrected chi connectivity index (χ4v) is 2.80. The maximum atomic E-state index is 11.5. The van der Waals surface area contributed by atoms with Crippen LogP contribution in [0.5, 0.6) is 0 Å². The van der Waals surface area contributed by atoms with Crippen LogP contribution in [0.15, 0.2) is 0 Å². The minimum Gasteiger partial charge on any atom is -0.379 e. The van der Waals surface area contributed by atoms with Crippen molar-refractivity contribution in [2.24, 2.45) is 5.92 Å². The lowest BCUT2D eigenvalue weighted by molar-refractivity contribution is -0.127. The van der Waals surface area contributed by atoms with E-state index in [-0.39, 0.29) is 30.4 Å². The SMILES string of the molecule is CC(C)OCC(=O)NCCCCCOCCOCCCCCCCCNC(=O)C(C)C. The first-order chi connectivity index (χ1) is 14.9. The summed E-state index contributed by atoms with van der Waals surface area (Å²) in [4.78, 5) is 22.9. The number of amides is 2. The third kappa shape index (κ3) is 23.3. The number of ether oxygens (including phenoxy) is 3. The molecule has 0 unspecified atom stereocenters. The van der Waals surface area contributed by atoms with E-state index < -0.39 is 0 Å². The van der Waals surface area contributed by atoms with Gasteiger partial charge in [-0.2, -0.15) is 0 Å². The summed E-state index contributed by atoms with van der Waals surface area (Å²) >= 11 is 0. The predicted molar refractivity (Wildman–Crippen MR) is 125 cm³/mol. The molecule has 0 spiro atoms. The van der Waals surface area contributed by atoms with Crippen molar-refractivity contribution in [1.82, 2.24) is 10.6 Å². The quantitative estimate of drug-likeness (QED) is 0.248. The van der Waals surface area contributed by atoms with E-state index in [1.807, 2.05) is 27.7 Å². The summed E-state index contributed by atoms with van der Waals surface area (Å²) in [5, 5.41) is 5.81. The molecule has 0 aromatic carbocycles. The maximum absolute atomic E-state index is 11.5. The monoisotopic (exact) mass is 444 g/mol. The second-order valence-corrected chi connectivity index (χ2v) is 8.56. The number of unbranched alkanes of at least 4 members (excludes halogenated alkanes) is 7. The molecule has 0 aliphatic rings. The third-order valence-corrected chi connectivity index (χ3v) is 4.75. The molecule has 0 radical (unpaired) electrons. The molecule has 0 saturated carbocycles. The Morgan fingerprint density at radius 3 is 1.68 bits per heavy atom. The second kappa shape index (κ2) is 22.0. The van der Waals surface area contributed by atoms with E-state index in [1.54, 1.807) is 0 Å². The van der Waals surface area contributed by atoms with Crippen molar-refractivity contribution in [1.29, 1.82) is 0 Å². The average Bonchev–Trinajstić information content (AvgIpc) is 2.73. The topological polar surface area (TPSA) is 85.9 Å². The predicted octanol–water partition coefficient (Wildman–Crippen LogP) is 3.84. The summed E-state index contributed by atoms with van der Waals surface area (Å²) < 4.78 is 16.4. The number of carbonyl (C=O) groups is 2.